The quantitative estimate of drug-likeness (QED) is 0.257. The van der Waals surface area contributed by atoms with Gasteiger partial charge in [0.25, 0.3) is 17.4 Å². The summed E-state index contributed by atoms with van der Waals surface area (Å²) in [5.74, 6) is -0.671. The third kappa shape index (κ3) is 4.77. The zero-order valence-electron chi connectivity index (χ0n) is 18.6. The SMILES string of the molecule is N#Cc1cnn(-c2ncccn2)c1N=NC(C(=O)Nc1cccnc1Cl)c1nc2ccccc2c(=O)[nH]1. The van der Waals surface area contributed by atoms with Gasteiger partial charge >= 0.3 is 0 Å². The summed E-state index contributed by atoms with van der Waals surface area (Å²) >= 11 is 6.09. The number of carbonyl (C=O) groups excluding carboxylic acids is 1. The number of H-pyrrole nitrogens is 1. The molecule has 37 heavy (non-hydrogen) atoms. The summed E-state index contributed by atoms with van der Waals surface area (Å²) in [4.78, 5) is 45.2. The van der Waals surface area contributed by atoms with Crippen LogP contribution in [-0.2, 0) is 4.79 Å². The number of aromatic nitrogens is 7. The maximum Gasteiger partial charge on any atom is 0.259 e. The molecule has 1 unspecified atom stereocenters. The van der Waals surface area contributed by atoms with Gasteiger partial charge in [-0.15, -0.1) is 5.11 Å². The fraction of sp³-hybridized carbons (Fsp3) is 0.0435. The van der Waals surface area contributed by atoms with Crippen LogP contribution < -0.4 is 10.9 Å². The Labute approximate surface area is 212 Å². The van der Waals surface area contributed by atoms with E-state index in [0.29, 0.717) is 10.9 Å². The van der Waals surface area contributed by atoms with Crippen molar-refractivity contribution in [2.45, 2.75) is 6.04 Å². The Kier molecular flexibility index (Phi) is 6.39. The lowest BCUT2D eigenvalue weighted by Crippen LogP contribution is -2.24. The van der Waals surface area contributed by atoms with Gasteiger partial charge in [-0.25, -0.2) is 19.9 Å². The van der Waals surface area contributed by atoms with E-state index in [4.69, 9.17) is 11.6 Å². The van der Waals surface area contributed by atoms with Crippen molar-refractivity contribution in [3.8, 4) is 12.0 Å². The van der Waals surface area contributed by atoms with E-state index in [1.54, 1.807) is 42.5 Å². The van der Waals surface area contributed by atoms with Crippen LogP contribution in [0.25, 0.3) is 16.9 Å². The number of anilines is 1. The van der Waals surface area contributed by atoms with Crippen LogP contribution >= 0.6 is 11.6 Å². The highest BCUT2D eigenvalue weighted by Crippen LogP contribution is 2.26. The summed E-state index contributed by atoms with van der Waals surface area (Å²) in [5.41, 5.74) is 0.172. The molecule has 0 radical (unpaired) electrons. The molecule has 0 saturated heterocycles. The molecule has 5 aromatic rings. The van der Waals surface area contributed by atoms with Gasteiger partial charge in [0.2, 0.25) is 6.04 Å². The summed E-state index contributed by atoms with van der Waals surface area (Å²) in [7, 11) is 0. The van der Waals surface area contributed by atoms with Gasteiger partial charge in [0, 0.05) is 18.6 Å². The number of fused-ring (bicyclic) bond motifs is 1. The molecule has 4 heterocycles. The van der Waals surface area contributed by atoms with Crippen molar-refractivity contribution in [3.05, 3.63) is 94.1 Å². The molecule has 13 nitrogen and oxygen atoms in total. The highest BCUT2D eigenvalue weighted by molar-refractivity contribution is 6.32. The molecule has 0 aliphatic rings. The van der Waals surface area contributed by atoms with E-state index in [2.05, 4.69) is 45.6 Å². The topological polar surface area (TPSA) is 180 Å². The minimum atomic E-state index is -1.44. The van der Waals surface area contributed by atoms with Gasteiger partial charge in [-0.2, -0.15) is 20.2 Å². The number of benzene rings is 1. The molecule has 0 aliphatic carbocycles. The van der Waals surface area contributed by atoms with Gasteiger partial charge in [-0.3, -0.25) is 9.59 Å². The Morgan fingerprint density at radius 2 is 1.89 bits per heavy atom. The lowest BCUT2D eigenvalue weighted by atomic mass is 10.2. The Hall–Kier alpha value is -5.35. The van der Waals surface area contributed by atoms with Crippen LogP contribution in [0.2, 0.25) is 5.15 Å². The van der Waals surface area contributed by atoms with Crippen molar-refractivity contribution in [2.24, 2.45) is 10.2 Å². The zero-order chi connectivity index (χ0) is 25.8. The largest absolute Gasteiger partial charge is 0.321 e. The third-order valence-electron chi connectivity index (χ3n) is 5.03. The monoisotopic (exact) mass is 511 g/mol. The van der Waals surface area contributed by atoms with Crippen molar-refractivity contribution in [1.29, 1.82) is 5.26 Å². The lowest BCUT2D eigenvalue weighted by molar-refractivity contribution is -0.117. The second-order valence-electron chi connectivity index (χ2n) is 7.37. The van der Waals surface area contributed by atoms with Crippen LogP contribution in [0.4, 0.5) is 11.5 Å². The minimum absolute atomic E-state index is 0.0194. The van der Waals surface area contributed by atoms with E-state index in [1.807, 2.05) is 6.07 Å². The lowest BCUT2D eigenvalue weighted by Gasteiger charge is -2.13. The summed E-state index contributed by atoms with van der Waals surface area (Å²) in [5, 5.41) is 24.9. The second-order valence-corrected chi connectivity index (χ2v) is 7.73. The first-order valence-corrected chi connectivity index (χ1v) is 11.0. The highest BCUT2D eigenvalue weighted by Gasteiger charge is 2.26. The molecule has 14 heteroatoms. The molecule has 0 bridgehead atoms. The molecular weight excluding hydrogens is 498 g/mol. The number of nitrogens with zero attached hydrogens (tertiary/aromatic N) is 9. The molecule has 180 valence electrons. The fourth-order valence-corrected chi connectivity index (χ4v) is 3.49. The van der Waals surface area contributed by atoms with Crippen LogP contribution in [0.3, 0.4) is 0 Å². The number of hydrogen-bond acceptors (Lipinski definition) is 10. The normalized spacial score (nSPS) is 11.9. The number of halogens is 1. The number of amides is 1. The number of nitriles is 1. The van der Waals surface area contributed by atoms with Crippen molar-refractivity contribution >= 4 is 39.9 Å². The maximum atomic E-state index is 13.4. The smallest absolute Gasteiger partial charge is 0.259 e. The molecule has 2 N–H and O–H groups in total. The van der Waals surface area contributed by atoms with Gasteiger partial charge in [0.05, 0.1) is 22.8 Å². The summed E-state index contributed by atoms with van der Waals surface area (Å²) in [6, 6.07) is 11.9. The average Bonchev–Trinajstić information content (AvgIpc) is 3.33. The summed E-state index contributed by atoms with van der Waals surface area (Å²) in [6.45, 7) is 0. The molecule has 1 atom stereocenters. The number of para-hydroxylation sites is 1. The van der Waals surface area contributed by atoms with Crippen LogP contribution in [0.15, 0.2) is 82.3 Å². The van der Waals surface area contributed by atoms with E-state index < -0.39 is 17.5 Å². The van der Waals surface area contributed by atoms with Gasteiger partial charge in [-0.05, 0) is 30.3 Å². The van der Waals surface area contributed by atoms with E-state index in [1.165, 1.54) is 29.5 Å². The first-order chi connectivity index (χ1) is 18.0. The Balaban J connectivity index is 1.61. The molecule has 0 spiro atoms. The predicted molar refractivity (Wildman–Crippen MR) is 131 cm³/mol. The van der Waals surface area contributed by atoms with E-state index >= 15 is 0 Å². The summed E-state index contributed by atoms with van der Waals surface area (Å²) in [6.07, 6.45) is 5.72. The van der Waals surface area contributed by atoms with E-state index in [9.17, 15) is 14.9 Å². The van der Waals surface area contributed by atoms with Gasteiger partial charge in [-0.1, -0.05) is 23.7 Å². The van der Waals surface area contributed by atoms with Crippen molar-refractivity contribution in [2.75, 3.05) is 5.32 Å². The van der Waals surface area contributed by atoms with Crippen LogP contribution in [0.1, 0.15) is 17.4 Å². The average molecular weight is 512 g/mol. The van der Waals surface area contributed by atoms with Gasteiger partial charge < -0.3 is 10.3 Å². The van der Waals surface area contributed by atoms with E-state index in [-0.39, 0.29) is 34.0 Å². The molecule has 5 rings (SSSR count). The maximum absolute atomic E-state index is 13.4. The fourth-order valence-electron chi connectivity index (χ4n) is 3.32. The standard InChI is InChI=1S/C23H14ClN11O2/c24-18-16(7-3-8-26-18)31-22(37)17(19-30-15-6-2-1-5-14(15)21(36)32-19)33-34-20-13(11-25)12-29-35(20)23-27-9-4-10-28-23/h1-10,12,17H,(H,31,37)(H,30,32,36). The Morgan fingerprint density at radius 1 is 1.11 bits per heavy atom. The first-order valence-electron chi connectivity index (χ1n) is 10.6. The molecule has 1 amide bonds. The van der Waals surface area contributed by atoms with Crippen LogP contribution in [0.5, 0.6) is 0 Å². The van der Waals surface area contributed by atoms with Crippen molar-refractivity contribution < 1.29 is 4.79 Å². The van der Waals surface area contributed by atoms with Gasteiger partial charge in [0.1, 0.15) is 17.5 Å². The Bertz CT molecular complexity index is 1740. The minimum Gasteiger partial charge on any atom is -0.321 e. The number of rotatable bonds is 6. The Morgan fingerprint density at radius 3 is 2.68 bits per heavy atom. The number of pyridine rings is 1. The number of aromatic amines is 1. The number of nitrogens with one attached hydrogen (secondary N) is 2. The number of hydrogen-bond donors (Lipinski definition) is 2. The molecule has 4 aromatic heterocycles. The molecular formula is C23H14ClN11O2. The van der Waals surface area contributed by atoms with Crippen molar-refractivity contribution in [1.82, 2.24) is 34.7 Å². The first kappa shape index (κ1) is 23.4. The number of azo groups is 1. The van der Waals surface area contributed by atoms with Crippen LogP contribution in [0, 0.1) is 11.3 Å². The highest BCUT2D eigenvalue weighted by atomic mass is 35.5. The van der Waals surface area contributed by atoms with Crippen molar-refractivity contribution in [3.63, 3.8) is 0 Å². The zero-order valence-corrected chi connectivity index (χ0v) is 19.4. The molecule has 1 aromatic carbocycles. The second kappa shape index (κ2) is 10.1. The molecule has 0 saturated carbocycles. The summed E-state index contributed by atoms with van der Waals surface area (Å²) < 4.78 is 1.20. The number of carbonyl (C=O) groups is 1. The van der Waals surface area contributed by atoms with Crippen LogP contribution in [-0.4, -0.2) is 40.6 Å². The predicted octanol–water partition coefficient (Wildman–Crippen LogP) is 3.28. The van der Waals surface area contributed by atoms with E-state index in [0.717, 1.165) is 0 Å². The van der Waals surface area contributed by atoms with Gasteiger partial charge in [0.15, 0.2) is 11.0 Å². The molecule has 0 fully saturated rings. The third-order valence-corrected chi connectivity index (χ3v) is 5.33. The molecule has 0 aliphatic heterocycles.